The highest BCUT2D eigenvalue weighted by Crippen LogP contribution is 2.21. The standard InChI is InChI=1S/C20H21N5/c1-3-25-19-10-5-4-9-18(19)22-20(25)14-24-12-11-23(15-24)13-17-8-6-7-16(2)21-17/h4-12H,3,13-14H2,1-2H3. The molecule has 0 saturated carbocycles. The first-order valence-corrected chi connectivity index (χ1v) is 8.57. The molecule has 1 aliphatic heterocycles. The second-order valence-corrected chi connectivity index (χ2v) is 6.19. The van der Waals surface area contributed by atoms with Gasteiger partial charge in [0.2, 0.25) is 6.67 Å². The summed E-state index contributed by atoms with van der Waals surface area (Å²) in [5.74, 6) is 1.05. The van der Waals surface area contributed by atoms with E-state index in [0.29, 0.717) is 6.54 Å². The third-order valence-corrected chi connectivity index (χ3v) is 4.32. The molecule has 0 aliphatic carbocycles. The molecule has 126 valence electrons. The van der Waals surface area contributed by atoms with Crippen molar-refractivity contribution < 1.29 is 0 Å². The van der Waals surface area contributed by atoms with Gasteiger partial charge in [0.25, 0.3) is 0 Å². The van der Waals surface area contributed by atoms with Gasteiger partial charge in [0.15, 0.2) is 0 Å². The number of hydrogen-bond acceptors (Lipinski definition) is 4. The number of para-hydroxylation sites is 2. The molecule has 25 heavy (non-hydrogen) atoms. The molecule has 0 amide bonds. The fourth-order valence-electron chi connectivity index (χ4n) is 3.18. The predicted molar refractivity (Wildman–Crippen MR) is 97.9 cm³/mol. The minimum atomic E-state index is 0.705. The minimum Gasteiger partial charge on any atom is -0.340 e. The van der Waals surface area contributed by atoms with Gasteiger partial charge in [0, 0.05) is 24.6 Å². The number of imidazole rings is 1. The average molecular weight is 331 g/mol. The van der Waals surface area contributed by atoms with Crippen molar-refractivity contribution in [2.45, 2.75) is 33.5 Å². The molecule has 5 nitrogen and oxygen atoms in total. The van der Waals surface area contributed by atoms with Crippen LogP contribution in [0.25, 0.3) is 11.0 Å². The molecular weight excluding hydrogens is 310 g/mol. The summed E-state index contributed by atoms with van der Waals surface area (Å²) >= 11 is 0. The van der Waals surface area contributed by atoms with Crippen LogP contribution in [0.4, 0.5) is 0 Å². The summed E-state index contributed by atoms with van der Waals surface area (Å²) in [5.41, 5.74) is 4.31. The van der Waals surface area contributed by atoms with E-state index in [4.69, 9.17) is 4.98 Å². The number of fused-ring (bicyclic) bond motifs is 1. The Morgan fingerprint density at radius 3 is 2.52 bits per heavy atom. The second-order valence-electron chi connectivity index (χ2n) is 6.19. The molecule has 5 heteroatoms. The average Bonchev–Trinajstić information content (AvgIpc) is 3.18. The molecule has 0 spiro atoms. The first-order valence-electron chi connectivity index (χ1n) is 8.57. The van der Waals surface area contributed by atoms with Gasteiger partial charge >= 0.3 is 0 Å². The minimum absolute atomic E-state index is 0.705. The highest BCUT2D eigenvalue weighted by Gasteiger charge is 2.18. The summed E-state index contributed by atoms with van der Waals surface area (Å²) < 4.78 is 2.26. The van der Waals surface area contributed by atoms with Gasteiger partial charge in [0.05, 0.1) is 29.8 Å². The van der Waals surface area contributed by atoms with Crippen LogP contribution in [0.2, 0.25) is 0 Å². The van der Waals surface area contributed by atoms with Crippen molar-refractivity contribution in [1.29, 1.82) is 0 Å². The Morgan fingerprint density at radius 2 is 1.72 bits per heavy atom. The van der Waals surface area contributed by atoms with Crippen molar-refractivity contribution >= 4 is 11.0 Å². The van der Waals surface area contributed by atoms with E-state index in [1.807, 2.05) is 53.4 Å². The molecule has 1 aromatic carbocycles. The van der Waals surface area contributed by atoms with Crippen LogP contribution in [0.3, 0.4) is 0 Å². The molecule has 0 atom stereocenters. The summed E-state index contributed by atoms with van der Waals surface area (Å²) in [6.45, 7) is 9.86. The Morgan fingerprint density at radius 1 is 0.920 bits per heavy atom. The summed E-state index contributed by atoms with van der Waals surface area (Å²) in [6, 6.07) is 14.4. The van der Waals surface area contributed by atoms with Crippen LogP contribution in [0.15, 0.2) is 54.9 Å². The third kappa shape index (κ3) is 3.22. The van der Waals surface area contributed by atoms with Crippen LogP contribution < -0.4 is 0 Å². The number of benzene rings is 1. The van der Waals surface area contributed by atoms with Gasteiger partial charge in [-0.15, -0.1) is 0 Å². The highest BCUT2D eigenvalue weighted by molar-refractivity contribution is 5.75. The number of aryl methyl sites for hydroxylation is 2. The SMILES string of the molecule is CCn1c(CN2[C]N(Cc3cccc(C)n3)C=C2)nc2ccccc21. The maximum atomic E-state index is 4.78. The van der Waals surface area contributed by atoms with E-state index in [2.05, 4.69) is 41.3 Å². The van der Waals surface area contributed by atoms with E-state index in [1.165, 1.54) is 5.52 Å². The highest BCUT2D eigenvalue weighted by atomic mass is 15.3. The molecule has 1 aliphatic rings. The topological polar surface area (TPSA) is 37.2 Å². The van der Waals surface area contributed by atoms with Gasteiger partial charge in [-0.2, -0.15) is 0 Å². The zero-order valence-corrected chi connectivity index (χ0v) is 14.6. The molecule has 0 unspecified atom stereocenters. The predicted octanol–water partition coefficient (Wildman–Crippen LogP) is 3.54. The van der Waals surface area contributed by atoms with Gasteiger partial charge in [-0.3, -0.25) is 4.98 Å². The van der Waals surface area contributed by atoms with Crippen LogP contribution in [-0.2, 0) is 19.6 Å². The van der Waals surface area contributed by atoms with Crippen LogP contribution >= 0.6 is 0 Å². The molecule has 0 N–H and O–H groups in total. The third-order valence-electron chi connectivity index (χ3n) is 4.32. The van der Waals surface area contributed by atoms with Crippen molar-refractivity contribution in [3.63, 3.8) is 0 Å². The molecule has 0 bridgehead atoms. The van der Waals surface area contributed by atoms with E-state index in [9.17, 15) is 0 Å². The van der Waals surface area contributed by atoms with Crippen molar-refractivity contribution in [2.75, 3.05) is 0 Å². The largest absolute Gasteiger partial charge is 0.340 e. The number of pyridine rings is 1. The molecule has 0 saturated heterocycles. The molecule has 2 aromatic heterocycles. The summed E-state index contributed by atoms with van der Waals surface area (Å²) in [7, 11) is 0. The Kier molecular flexibility index (Phi) is 4.14. The molecule has 0 fully saturated rings. The molecule has 3 heterocycles. The molecular formula is C20H21N5. The monoisotopic (exact) mass is 331 g/mol. The van der Waals surface area contributed by atoms with E-state index in [1.54, 1.807) is 0 Å². The normalized spacial score (nSPS) is 14.0. The van der Waals surface area contributed by atoms with E-state index >= 15 is 0 Å². The number of aromatic nitrogens is 3. The Balaban J connectivity index is 1.46. The van der Waals surface area contributed by atoms with Gasteiger partial charge < -0.3 is 14.4 Å². The maximum absolute atomic E-state index is 4.78. The smallest absolute Gasteiger partial charge is 0.208 e. The van der Waals surface area contributed by atoms with Crippen LogP contribution in [-0.4, -0.2) is 24.3 Å². The quantitative estimate of drug-likeness (QED) is 0.716. The zero-order chi connectivity index (χ0) is 17.2. The van der Waals surface area contributed by atoms with Gasteiger partial charge in [0.1, 0.15) is 5.82 Å². The zero-order valence-electron chi connectivity index (χ0n) is 14.6. The van der Waals surface area contributed by atoms with Crippen LogP contribution in [0, 0.1) is 13.6 Å². The first kappa shape index (κ1) is 15.7. The molecule has 2 radical (unpaired) electrons. The number of rotatable bonds is 5. The fraction of sp³-hybridized carbons (Fsp3) is 0.250. The lowest BCUT2D eigenvalue weighted by Gasteiger charge is -2.19. The maximum Gasteiger partial charge on any atom is 0.208 e. The first-order chi connectivity index (χ1) is 12.2. The van der Waals surface area contributed by atoms with E-state index in [-0.39, 0.29) is 0 Å². The summed E-state index contributed by atoms with van der Waals surface area (Å²) in [5, 5.41) is 0. The van der Waals surface area contributed by atoms with Gasteiger partial charge in [-0.1, -0.05) is 18.2 Å². The van der Waals surface area contributed by atoms with E-state index < -0.39 is 0 Å². The van der Waals surface area contributed by atoms with Crippen LogP contribution in [0.5, 0.6) is 0 Å². The number of nitrogens with zero attached hydrogens (tertiary/aromatic N) is 5. The number of hydrogen-bond donors (Lipinski definition) is 0. The van der Waals surface area contributed by atoms with Crippen molar-refractivity contribution in [3.8, 4) is 0 Å². The van der Waals surface area contributed by atoms with Gasteiger partial charge in [-0.25, -0.2) is 4.98 Å². The van der Waals surface area contributed by atoms with Gasteiger partial charge in [-0.05, 0) is 38.1 Å². The lowest BCUT2D eigenvalue weighted by atomic mass is 10.3. The Bertz CT molecular complexity index is 911. The van der Waals surface area contributed by atoms with Crippen molar-refractivity contribution in [3.05, 3.63) is 78.7 Å². The Hall–Kier alpha value is -2.82. The second kappa shape index (κ2) is 6.59. The molecule has 4 rings (SSSR count). The Labute approximate surface area is 148 Å². The summed E-state index contributed by atoms with van der Waals surface area (Å²) in [4.78, 5) is 13.4. The molecule has 3 aromatic rings. The summed E-state index contributed by atoms with van der Waals surface area (Å²) in [6.07, 6.45) is 4.07. The fourth-order valence-corrected chi connectivity index (χ4v) is 3.18. The van der Waals surface area contributed by atoms with Crippen molar-refractivity contribution in [2.24, 2.45) is 0 Å². The van der Waals surface area contributed by atoms with Crippen LogP contribution in [0.1, 0.15) is 24.1 Å². The van der Waals surface area contributed by atoms with Crippen molar-refractivity contribution in [1.82, 2.24) is 24.3 Å². The van der Waals surface area contributed by atoms with E-state index in [0.717, 1.165) is 35.8 Å². The lowest BCUT2D eigenvalue weighted by Crippen LogP contribution is -2.21. The lowest BCUT2D eigenvalue weighted by molar-refractivity contribution is 0.324.